The van der Waals surface area contributed by atoms with Crippen molar-refractivity contribution in [3.05, 3.63) is 40.8 Å². The van der Waals surface area contributed by atoms with Crippen molar-refractivity contribution >= 4 is 28.2 Å². The summed E-state index contributed by atoms with van der Waals surface area (Å²) in [5.74, 6) is -0.465. The van der Waals surface area contributed by atoms with Gasteiger partial charge in [0, 0.05) is 29.4 Å². The van der Waals surface area contributed by atoms with Crippen LogP contribution in [0.1, 0.15) is 41.4 Å². The number of esters is 1. The number of carbonyl (C=O) groups is 2. The Hall–Kier alpha value is -2.22. The molecule has 1 aromatic heterocycles. The molecule has 1 aromatic carbocycles. The Balaban J connectivity index is 1.69. The summed E-state index contributed by atoms with van der Waals surface area (Å²) in [4.78, 5) is 31.1. The van der Waals surface area contributed by atoms with Crippen molar-refractivity contribution < 1.29 is 14.3 Å². The number of amides is 1. The number of carbonyl (C=O) groups excluding carboxylic acids is 2. The molecule has 6 nitrogen and oxygen atoms in total. The number of nitrogens with zero attached hydrogens (tertiary/aromatic N) is 2. The van der Waals surface area contributed by atoms with Gasteiger partial charge in [0.2, 0.25) is 5.91 Å². The van der Waals surface area contributed by atoms with Crippen LogP contribution in [0.25, 0.3) is 11.1 Å². The highest BCUT2D eigenvalue weighted by Crippen LogP contribution is 2.40. The molecule has 0 unspecified atom stereocenters. The number of likely N-dealkylation sites (tertiary alicyclic amines) is 1. The molecule has 168 valence electrons. The Bertz CT molecular complexity index is 887. The first kappa shape index (κ1) is 23.4. The quantitative estimate of drug-likeness (QED) is 0.618. The van der Waals surface area contributed by atoms with Crippen molar-refractivity contribution in [2.75, 3.05) is 45.7 Å². The van der Waals surface area contributed by atoms with Crippen LogP contribution in [-0.2, 0) is 9.53 Å². The lowest BCUT2D eigenvalue weighted by Crippen LogP contribution is -2.42. The number of hydrogen-bond donors (Lipinski definition) is 1. The number of nitrogens with one attached hydrogen (secondary N) is 1. The highest BCUT2D eigenvalue weighted by molar-refractivity contribution is 7.17. The molecular weight excluding hydrogens is 410 g/mol. The number of piperidine rings is 1. The lowest BCUT2D eigenvalue weighted by atomic mass is 10.0. The first-order valence-electron chi connectivity index (χ1n) is 10.9. The second-order valence-electron chi connectivity index (χ2n) is 8.16. The van der Waals surface area contributed by atoms with Crippen LogP contribution in [0.3, 0.4) is 0 Å². The third-order valence-electron chi connectivity index (χ3n) is 5.82. The first-order chi connectivity index (χ1) is 14.9. The Labute approximate surface area is 189 Å². The van der Waals surface area contributed by atoms with Crippen molar-refractivity contribution in [2.24, 2.45) is 0 Å². The number of benzene rings is 1. The van der Waals surface area contributed by atoms with Gasteiger partial charge >= 0.3 is 5.97 Å². The summed E-state index contributed by atoms with van der Waals surface area (Å²) in [6.07, 6.45) is 2.67. The van der Waals surface area contributed by atoms with E-state index in [1.165, 1.54) is 11.3 Å². The summed E-state index contributed by atoms with van der Waals surface area (Å²) in [6, 6.07) is 10.4. The molecular formula is C24H33N3O3S. The van der Waals surface area contributed by atoms with Crippen LogP contribution >= 0.6 is 11.3 Å². The zero-order valence-electron chi connectivity index (χ0n) is 18.9. The fraction of sp³-hybridized carbons (Fsp3) is 0.500. The average Bonchev–Trinajstić information content (AvgIpc) is 3.08. The van der Waals surface area contributed by atoms with Gasteiger partial charge in [0.15, 0.2) is 0 Å². The summed E-state index contributed by atoms with van der Waals surface area (Å²) in [6.45, 7) is 6.81. The molecule has 2 aromatic rings. The van der Waals surface area contributed by atoms with Crippen LogP contribution in [0.2, 0.25) is 0 Å². The second-order valence-corrected chi connectivity index (χ2v) is 9.38. The van der Waals surface area contributed by atoms with E-state index in [2.05, 4.69) is 29.2 Å². The van der Waals surface area contributed by atoms with E-state index in [0.717, 1.165) is 48.5 Å². The van der Waals surface area contributed by atoms with E-state index in [-0.39, 0.29) is 12.5 Å². The van der Waals surface area contributed by atoms with Gasteiger partial charge in [-0.25, -0.2) is 4.79 Å². The standard InChI is InChI=1S/C24H33N3O3S/c1-5-30-24(29)22-21(18-9-7-6-8-10-18)17(2)31-23(22)25-20(28)13-16-27-14-11-19(12-15-27)26(3)4/h6-10,19H,5,11-16H2,1-4H3,(H,25,28). The lowest BCUT2D eigenvalue weighted by Gasteiger charge is -2.35. The third-order valence-corrected chi connectivity index (χ3v) is 6.84. The molecule has 0 aliphatic carbocycles. The monoisotopic (exact) mass is 443 g/mol. The molecule has 0 saturated carbocycles. The minimum Gasteiger partial charge on any atom is -0.462 e. The maximum Gasteiger partial charge on any atom is 0.341 e. The number of thiophene rings is 1. The summed E-state index contributed by atoms with van der Waals surface area (Å²) >= 11 is 1.43. The molecule has 7 heteroatoms. The molecule has 1 aliphatic heterocycles. The molecule has 0 spiro atoms. The molecule has 1 aliphatic rings. The van der Waals surface area contributed by atoms with Crippen molar-refractivity contribution in [2.45, 2.75) is 39.2 Å². The van der Waals surface area contributed by atoms with Gasteiger partial charge in [0.1, 0.15) is 10.6 Å². The first-order valence-corrected chi connectivity index (χ1v) is 11.8. The second kappa shape index (κ2) is 10.9. The fourth-order valence-electron chi connectivity index (χ4n) is 4.09. The van der Waals surface area contributed by atoms with Crippen LogP contribution < -0.4 is 5.32 Å². The zero-order chi connectivity index (χ0) is 22.4. The van der Waals surface area contributed by atoms with Gasteiger partial charge in [-0.1, -0.05) is 30.3 Å². The van der Waals surface area contributed by atoms with Crippen molar-refractivity contribution in [1.82, 2.24) is 9.80 Å². The minimum absolute atomic E-state index is 0.0684. The van der Waals surface area contributed by atoms with Gasteiger partial charge in [-0.05, 0) is 59.4 Å². The highest BCUT2D eigenvalue weighted by Gasteiger charge is 2.26. The van der Waals surface area contributed by atoms with Gasteiger partial charge in [0.05, 0.1) is 6.61 Å². The predicted molar refractivity (Wildman–Crippen MR) is 127 cm³/mol. The Morgan fingerprint density at radius 2 is 1.87 bits per heavy atom. The number of hydrogen-bond acceptors (Lipinski definition) is 6. The van der Waals surface area contributed by atoms with E-state index < -0.39 is 5.97 Å². The van der Waals surface area contributed by atoms with E-state index >= 15 is 0 Å². The van der Waals surface area contributed by atoms with Crippen LogP contribution in [0.4, 0.5) is 5.00 Å². The molecule has 2 heterocycles. The van der Waals surface area contributed by atoms with E-state index in [9.17, 15) is 9.59 Å². The van der Waals surface area contributed by atoms with Crippen LogP contribution in [0.15, 0.2) is 30.3 Å². The lowest BCUT2D eigenvalue weighted by molar-refractivity contribution is -0.116. The average molecular weight is 444 g/mol. The van der Waals surface area contributed by atoms with Crippen molar-refractivity contribution in [3.63, 3.8) is 0 Å². The van der Waals surface area contributed by atoms with Crippen molar-refractivity contribution in [3.8, 4) is 11.1 Å². The number of rotatable bonds is 8. The minimum atomic E-state index is -0.397. The molecule has 0 bridgehead atoms. The topological polar surface area (TPSA) is 61.9 Å². The SMILES string of the molecule is CCOC(=O)c1c(NC(=O)CCN2CCC(N(C)C)CC2)sc(C)c1-c1ccccc1. The molecule has 0 radical (unpaired) electrons. The molecule has 1 N–H and O–H groups in total. The number of ether oxygens (including phenoxy) is 1. The zero-order valence-corrected chi connectivity index (χ0v) is 19.8. The van der Waals surface area contributed by atoms with Gasteiger partial charge in [-0.15, -0.1) is 11.3 Å². The summed E-state index contributed by atoms with van der Waals surface area (Å²) < 4.78 is 5.31. The summed E-state index contributed by atoms with van der Waals surface area (Å²) in [7, 11) is 4.25. The van der Waals surface area contributed by atoms with E-state index in [1.807, 2.05) is 37.3 Å². The number of anilines is 1. The highest BCUT2D eigenvalue weighted by atomic mass is 32.1. The summed E-state index contributed by atoms with van der Waals surface area (Å²) in [5, 5.41) is 3.57. The molecule has 31 heavy (non-hydrogen) atoms. The largest absolute Gasteiger partial charge is 0.462 e. The Morgan fingerprint density at radius 3 is 2.48 bits per heavy atom. The van der Waals surface area contributed by atoms with Crippen LogP contribution in [-0.4, -0.2) is 68.1 Å². The number of aryl methyl sites for hydroxylation is 1. The third kappa shape index (κ3) is 5.93. The van der Waals surface area contributed by atoms with E-state index in [4.69, 9.17) is 4.74 Å². The maximum atomic E-state index is 12.8. The molecule has 1 amide bonds. The fourth-order valence-corrected chi connectivity index (χ4v) is 5.17. The van der Waals surface area contributed by atoms with E-state index in [1.54, 1.807) is 6.92 Å². The Morgan fingerprint density at radius 1 is 1.19 bits per heavy atom. The summed E-state index contributed by atoms with van der Waals surface area (Å²) in [5.41, 5.74) is 2.24. The molecule has 0 atom stereocenters. The normalized spacial score (nSPS) is 15.3. The maximum absolute atomic E-state index is 12.8. The van der Waals surface area contributed by atoms with Crippen LogP contribution in [0, 0.1) is 6.92 Å². The molecule has 1 fully saturated rings. The molecule has 3 rings (SSSR count). The van der Waals surface area contributed by atoms with Gasteiger partial charge < -0.3 is 19.9 Å². The van der Waals surface area contributed by atoms with Gasteiger partial charge in [0.25, 0.3) is 0 Å². The Kier molecular flexibility index (Phi) is 8.23. The van der Waals surface area contributed by atoms with Crippen molar-refractivity contribution in [1.29, 1.82) is 0 Å². The predicted octanol–water partition coefficient (Wildman–Crippen LogP) is 4.25. The smallest absolute Gasteiger partial charge is 0.341 e. The van der Waals surface area contributed by atoms with E-state index in [0.29, 0.717) is 23.0 Å². The van der Waals surface area contributed by atoms with Crippen LogP contribution in [0.5, 0.6) is 0 Å². The van der Waals surface area contributed by atoms with Gasteiger partial charge in [-0.3, -0.25) is 4.79 Å². The van der Waals surface area contributed by atoms with Gasteiger partial charge in [-0.2, -0.15) is 0 Å². The molecule has 1 saturated heterocycles.